The van der Waals surface area contributed by atoms with Crippen molar-refractivity contribution in [1.82, 2.24) is 5.32 Å². The van der Waals surface area contributed by atoms with Gasteiger partial charge in [-0.3, -0.25) is 4.79 Å². The molecule has 0 spiro atoms. The molecule has 0 heterocycles. The lowest BCUT2D eigenvalue weighted by Crippen LogP contribution is -2.53. The summed E-state index contributed by atoms with van der Waals surface area (Å²) in [7, 11) is 0. The van der Waals surface area contributed by atoms with Gasteiger partial charge in [0.05, 0.1) is 16.3 Å². The number of nitrogens with two attached hydrogens (primary N) is 1. The second kappa shape index (κ2) is 6.16. The maximum absolute atomic E-state index is 12.0. The van der Waals surface area contributed by atoms with Crippen molar-refractivity contribution >= 4 is 29.3 Å². The van der Waals surface area contributed by atoms with Crippen LogP contribution in [0, 0.1) is 5.92 Å². The van der Waals surface area contributed by atoms with E-state index in [1.165, 1.54) is 11.8 Å². The Bertz CT molecular complexity index is 465. The van der Waals surface area contributed by atoms with Gasteiger partial charge in [0, 0.05) is 11.4 Å². The zero-order chi connectivity index (χ0) is 13.9. The van der Waals surface area contributed by atoms with Crippen molar-refractivity contribution < 1.29 is 4.79 Å². The zero-order valence-electron chi connectivity index (χ0n) is 11.0. The maximum atomic E-state index is 12.0. The van der Waals surface area contributed by atoms with Crippen LogP contribution in [0.4, 0.5) is 0 Å². The van der Waals surface area contributed by atoms with Gasteiger partial charge in [-0.05, 0) is 37.8 Å². The van der Waals surface area contributed by atoms with E-state index < -0.39 is 0 Å². The first kappa shape index (κ1) is 14.7. The van der Waals surface area contributed by atoms with Crippen molar-refractivity contribution in [3.05, 3.63) is 29.3 Å². The van der Waals surface area contributed by atoms with Crippen LogP contribution in [-0.4, -0.2) is 23.7 Å². The Morgan fingerprint density at radius 3 is 2.79 bits per heavy atom. The van der Waals surface area contributed by atoms with E-state index in [1.54, 1.807) is 0 Å². The fraction of sp³-hybridized carbons (Fsp3) is 0.500. The van der Waals surface area contributed by atoms with Crippen LogP contribution >= 0.6 is 23.4 Å². The Morgan fingerprint density at radius 2 is 2.21 bits per heavy atom. The summed E-state index contributed by atoms with van der Waals surface area (Å²) in [5, 5.41) is 3.75. The molecule has 0 aliphatic heterocycles. The molecule has 1 aliphatic carbocycles. The number of hydrogen-bond donors (Lipinski definition) is 2. The number of halogens is 1. The Labute approximate surface area is 123 Å². The highest BCUT2D eigenvalue weighted by Gasteiger charge is 2.41. The van der Waals surface area contributed by atoms with Crippen molar-refractivity contribution in [3.63, 3.8) is 0 Å². The van der Waals surface area contributed by atoms with Crippen LogP contribution in [-0.2, 0) is 4.79 Å². The molecule has 1 aromatic carbocycles. The molecule has 3 nitrogen and oxygen atoms in total. The first-order valence-electron chi connectivity index (χ1n) is 6.43. The van der Waals surface area contributed by atoms with E-state index in [4.69, 9.17) is 17.3 Å². The van der Waals surface area contributed by atoms with Crippen LogP contribution in [0.3, 0.4) is 0 Å². The number of thioether (sulfide) groups is 1. The molecule has 5 heteroatoms. The molecule has 19 heavy (non-hydrogen) atoms. The normalized spacial score (nSPS) is 17.8. The van der Waals surface area contributed by atoms with E-state index in [2.05, 4.69) is 5.32 Å². The molecule has 3 N–H and O–H groups in total. The molecule has 0 aromatic heterocycles. The molecular formula is C14H19ClN2OS. The molecule has 1 fully saturated rings. The largest absolute Gasteiger partial charge is 0.349 e. The van der Waals surface area contributed by atoms with Crippen molar-refractivity contribution in [1.29, 1.82) is 0 Å². The predicted molar refractivity (Wildman–Crippen MR) is 80.5 cm³/mol. The van der Waals surface area contributed by atoms with E-state index in [0.29, 0.717) is 23.2 Å². The van der Waals surface area contributed by atoms with Crippen LogP contribution in [0.1, 0.15) is 19.8 Å². The summed E-state index contributed by atoms with van der Waals surface area (Å²) < 4.78 is 0. The minimum atomic E-state index is -0.252. The molecule has 1 unspecified atom stereocenters. The van der Waals surface area contributed by atoms with Crippen molar-refractivity contribution in [2.75, 3.05) is 12.3 Å². The van der Waals surface area contributed by atoms with E-state index >= 15 is 0 Å². The van der Waals surface area contributed by atoms with Crippen LogP contribution < -0.4 is 11.1 Å². The number of benzene rings is 1. The van der Waals surface area contributed by atoms with Crippen molar-refractivity contribution in [2.24, 2.45) is 11.7 Å². The fourth-order valence-electron chi connectivity index (χ4n) is 2.10. The molecular weight excluding hydrogens is 280 g/mol. The second-order valence-electron chi connectivity index (χ2n) is 5.16. The van der Waals surface area contributed by atoms with Gasteiger partial charge in [-0.2, -0.15) is 0 Å². The summed E-state index contributed by atoms with van der Waals surface area (Å²) in [5.41, 5.74) is 5.53. The van der Waals surface area contributed by atoms with Gasteiger partial charge in [-0.1, -0.05) is 23.7 Å². The van der Waals surface area contributed by atoms with Crippen molar-refractivity contribution in [2.45, 2.75) is 30.2 Å². The second-order valence-corrected chi connectivity index (χ2v) is 6.59. The standard InChI is InChI=1S/C14H19ClN2OS/c1-14(9-16,10-6-7-10)17-13(18)8-19-12-5-3-2-4-11(12)15/h2-5,10H,6-9,16H2,1H3,(H,17,18). The number of rotatable bonds is 6. The predicted octanol–water partition coefficient (Wildman–Crippen LogP) is 2.68. The highest BCUT2D eigenvalue weighted by Crippen LogP contribution is 2.39. The Kier molecular flexibility index (Phi) is 4.76. The quantitative estimate of drug-likeness (QED) is 0.794. The third-order valence-electron chi connectivity index (χ3n) is 3.52. The van der Waals surface area contributed by atoms with Crippen LogP contribution in [0.5, 0.6) is 0 Å². The Hall–Kier alpha value is -0.710. The van der Waals surface area contributed by atoms with Gasteiger partial charge in [0.25, 0.3) is 0 Å². The first-order valence-corrected chi connectivity index (χ1v) is 7.80. The Morgan fingerprint density at radius 1 is 1.53 bits per heavy atom. The lowest BCUT2D eigenvalue weighted by atomic mass is 9.96. The molecule has 1 aliphatic rings. The number of amides is 1. The minimum absolute atomic E-state index is 0.0183. The Balaban J connectivity index is 1.86. The molecule has 1 aromatic rings. The van der Waals surface area contributed by atoms with Crippen molar-refractivity contribution in [3.8, 4) is 0 Å². The molecule has 0 radical (unpaired) electrons. The smallest absolute Gasteiger partial charge is 0.230 e. The number of carbonyl (C=O) groups excluding carboxylic acids is 1. The highest BCUT2D eigenvalue weighted by atomic mass is 35.5. The van der Waals surface area contributed by atoms with Crippen LogP contribution in [0.2, 0.25) is 5.02 Å². The van der Waals surface area contributed by atoms with E-state index in [0.717, 1.165) is 17.7 Å². The molecule has 104 valence electrons. The van der Waals surface area contributed by atoms with Gasteiger partial charge in [0.1, 0.15) is 0 Å². The molecule has 1 atom stereocenters. The topological polar surface area (TPSA) is 55.1 Å². The lowest BCUT2D eigenvalue weighted by Gasteiger charge is -2.29. The third-order valence-corrected chi connectivity index (χ3v) is 5.04. The van der Waals surface area contributed by atoms with E-state index in [-0.39, 0.29) is 11.4 Å². The maximum Gasteiger partial charge on any atom is 0.230 e. The van der Waals surface area contributed by atoms with Gasteiger partial charge in [-0.25, -0.2) is 0 Å². The summed E-state index contributed by atoms with van der Waals surface area (Å²) in [5.74, 6) is 0.919. The molecule has 2 rings (SSSR count). The van der Waals surface area contributed by atoms with Gasteiger partial charge < -0.3 is 11.1 Å². The number of hydrogen-bond acceptors (Lipinski definition) is 3. The van der Waals surface area contributed by atoms with Gasteiger partial charge in [-0.15, -0.1) is 11.8 Å². The van der Waals surface area contributed by atoms with Gasteiger partial charge in [0.2, 0.25) is 5.91 Å². The lowest BCUT2D eigenvalue weighted by molar-refractivity contribution is -0.120. The molecule has 1 amide bonds. The third kappa shape index (κ3) is 3.88. The van der Waals surface area contributed by atoms with Crippen LogP contribution in [0.15, 0.2) is 29.2 Å². The zero-order valence-corrected chi connectivity index (χ0v) is 12.6. The molecule has 1 saturated carbocycles. The highest BCUT2D eigenvalue weighted by molar-refractivity contribution is 8.00. The summed E-state index contributed by atoms with van der Waals surface area (Å²) in [6.45, 7) is 2.52. The number of carbonyl (C=O) groups is 1. The summed E-state index contributed by atoms with van der Waals surface area (Å²) >= 11 is 7.51. The van der Waals surface area contributed by atoms with E-state index in [9.17, 15) is 4.79 Å². The summed E-state index contributed by atoms with van der Waals surface area (Å²) in [4.78, 5) is 12.9. The summed E-state index contributed by atoms with van der Waals surface area (Å²) in [6, 6.07) is 7.55. The fourth-order valence-corrected chi connectivity index (χ4v) is 3.14. The first-order chi connectivity index (χ1) is 9.05. The average molecular weight is 299 g/mol. The summed E-state index contributed by atoms with van der Waals surface area (Å²) in [6.07, 6.45) is 2.32. The van der Waals surface area contributed by atoms with E-state index in [1.807, 2.05) is 31.2 Å². The number of nitrogens with one attached hydrogen (secondary N) is 1. The minimum Gasteiger partial charge on any atom is -0.349 e. The SMILES string of the molecule is CC(CN)(NC(=O)CSc1ccccc1Cl)C1CC1. The molecule has 0 saturated heterocycles. The monoisotopic (exact) mass is 298 g/mol. The van der Waals surface area contributed by atoms with Crippen LogP contribution in [0.25, 0.3) is 0 Å². The average Bonchev–Trinajstić information content (AvgIpc) is 3.22. The van der Waals surface area contributed by atoms with Gasteiger partial charge in [0.15, 0.2) is 0 Å². The molecule has 0 bridgehead atoms. The van der Waals surface area contributed by atoms with Gasteiger partial charge >= 0.3 is 0 Å².